The molecule has 0 aliphatic heterocycles. The molecule has 5 heteroatoms. The molecule has 1 aromatic carbocycles. The van der Waals surface area contributed by atoms with Crippen LogP contribution >= 0.6 is 0 Å². The Hall–Kier alpha value is -3.60. The van der Waals surface area contributed by atoms with Crippen molar-refractivity contribution in [3.8, 4) is 0 Å². The van der Waals surface area contributed by atoms with Crippen LogP contribution in [0.5, 0.6) is 0 Å². The Morgan fingerprint density at radius 2 is 1.88 bits per heavy atom. The molecular formula is C27H30N4O. The third-order valence-corrected chi connectivity index (χ3v) is 5.34. The molecule has 3 rings (SSSR count). The highest BCUT2D eigenvalue weighted by atomic mass is 16.1. The van der Waals surface area contributed by atoms with Gasteiger partial charge in [0, 0.05) is 53.6 Å². The van der Waals surface area contributed by atoms with Crippen molar-refractivity contribution in [3.63, 3.8) is 0 Å². The summed E-state index contributed by atoms with van der Waals surface area (Å²) in [6.45, 7) is 12.1. The zero-order valence-corrected chi connectivity index (χ0v) is 19.2. The highest BCUT2D eigenvalue weighted by Gasteiger charge is 2.11. The Labute approximate surface area is 189 Å². The fourth-order valence-electron chi connectivity index (χ4n) is 3.75. The van der Waals surface area contributed by atoms with Gasteiger partial charge >= 0.3 is 0 Å². The number of fused-ring (bicyclic) bond motifs is 1. The number of pyridine rings is 2. The van der Waals surface area contributed by atoms with Crippen molar-refractivity contribution >= 4 is 22.5 Å². The summed E-state index contributed by atoms with van der Waals surface area (Å²) in [7, 11) is 0. The Kier molecular flexibility index (Phi) is 7.31. The summed E-state index contributed by atoms with van der Waals surface area (Å²) in [5.41, 5.74) is 8.05. The number of aromatic nitrogens is 2. The molecule has 0 saturated carbocycles. The highest BCUT2D eigenvalue weighted by molar-refractivity contribution is 5.94. The maximum atomic E-state index is 12.8. The quantitative estimate of drug-likeness (QED) is 0.364. The van der Waals surface area contributed by atoms with Gasteiger partial charge in [-0.05, 0) is 69.2 Å². The standard InChI is InChI=1S/C27H30N4O/c1-17(2)25(18(3)12-19(4)28)16-30-27(32)23-10-11-29-24(15-23)14-21-7-9-26-22(13-21)8-6-20(5)31-26/h6-11,13,15,28H,1,12,14,16H2,2-5H3,(H,30,32)/b25-18-,28-19?. The van der Waals surface area contributed by atoms with Gasteiger partial charge in [0.15, 0.2) is 0 Å². The predicted molar refractivity (Wildman–Crippen MR) is 131 cm³/mol. The molecule has 0 aliphatic rings. The topological polar surface area (TPSA) is 78.7 Å². The summed E-state index contributed by atoms with van der Waals surface area (Å²) >= 11 is 0. The van der Waals surface area contributed by atoms with Gasteiger partial charge in [-0.1, -0.05) is 29.9 Å². The van der Waals surface area contributed by atoms with Crippen molar-refractivity contribution in [1.82, 2.24) is 15.3 Å². The molecule has 0 bridgehead atoms. The van der Waals surface area contributed by atoms with E-state index in [1.165, 1.54) is 0 Å². The lowest BCUT2D eigenvalue weighted by Crippen LogP contribution is -2.26. The molecule has 164 valence electrons. The van der Waals surface area contributed by atoms with Crippen LogP contribution in [0, 0.1) is 12.3 Å². The molecule has 2 aromatic heterocycles. The van der Waals surface area contributed by atoms with E-state index < -0.39 is 0 Å². The first-order valence-electron chi connectivity index (χ1n) is 10.7. The number of carbonyl (C=O) groups is 1. The fourth-order valence-corrected chi connectivity index (χ4v) is 3.75. The lowest BCUT2D eigenvalue weighted by Gasteiger charge is -2.14. The molecule has 0 fully saturated rings. The highest BCUT2D eigenvalue weighted by Crippen LogP contribution is 2.18. The normalized spacial score (nSPS) is 11.8. The van der Waals surface area contributed by atoms with Crippen LogP contribution in [-0.4, -0.2) is 28.1 Å². The SMILES string of the molecule is C=C(C)/C(CNC(=O)c1ccnc(Cc2ccc3nc(C)ccc3c2)c1)=C(/C)CC(C)=N. The number of hydrogen-bond acceptors (Lipinski definition) is 4. The maximum absolute atomic E-state index is 12.8. The molecule has 3 aromatic rings. The molecule has 0 aliphatic carbocycles. The summed E-state index contributed by atoms with van der Waals surface area (Å²) in [4.78, 5) is 21.8. The van der Waals surface area contributed by atoms with Crippen LogP contribution in [0.1, 0.15) is 54.5 Å². The van der Waals surface area contributed by atoms with E-state index in [-0.39, 0.29) is 5.91 Å². The molecule has 0 saturated heterocycles. The number of aryl methyl sites for hydroxylation is 1. The number of amides is 1. The van der Waals surface area contributed by atoms with Gasteiger partial charge in [-0.3, -0.25) is 14.8 Å². The summed E-state index contributed by atoms with van der Waals surface area (Å²) in [5, 5.41) is 11.8. The molecular weight excluding hydrogens is 396 g/mol. The summed E-state index contributed by atoms with van der Waals surface area (Å²) < 4.78 is 0. The second kappa shape index (κ2) is 10.1. The largest absolute Gasteiger partial charge is 0.348 e. The van der Waals surface area contributed by atoms with Crippen molar-refractivity contribution < 1.29 is 4.79 Å². The van der Waals surface area contributed by atoms with Crippen molar-refractivity contribution in [3.05, 3.63) is 94.5 Å². The molecule has 0 atom stereocenters. The number of rotatable bonds is 8. The van der Waals surface area contributed by atoms with Gasteiger partial charge in [-0.15, -0.1) is 0 Å². The Balaban J connectivity index is 1.72. The lowest BCUT2D eigenvalue weighted by atomic mass is 9.99. The molecule has 0 radical (unpaired) electrons. The number of benzene rings is 1. The third kappa shape index (κ3) is 5.97. The van der Waals surface area contributed by atoms with E-state index in [1.54, 1.807) is 19.2 Å². The third-order valence-electron chi connectivity index (χ3n) is 5.34. The summed E-state index contributed by atoms with van der Waals surface area (Å²) in [6.07, 6.45) is 2.90. The molecule has 5 nitrogen and oxygen atoms in total. The lowest BCUT2D eigenvalue weighted by molar-refractivity contribution is 0.0957. The van der Waals surface area contributed by atoms with Gasteiger partial charge in [-0.2, -0.15) is 0 Å². The fraction of sp³-hybridized carbons (Fsp3) is 0.259. The number of hydrogen-bond donors (Lipinski definition) is 2. The zero-order valence-electron chi connectivity index (χ0n) is 19.2. The Morgan fingerprint density at radius 3 is 2.59 bits per heavy atom. The first-order chi connectivity index (χ1) is 15.2. The van der Waals surface area contributed by atoms with Gasteiger partial charge in [0.1, 0.15) is 0 Å². The van der Waals surface area contributed by atoms with Gasteiger partial charge in [0.2, 0.25) is 0 Å². The van der Waals surface area contributed by atoms with E-state index in [2.05, 4.69) is 40.1 Å². The zero-order chi connectivity index (χ0) is 23.3. The van der Waals surface area contributed by atoms with Crippen molar-refractivity contribution in [1.29, 1.82) is 5.41 Å². The summed E-state index contributed by atoms with van der Waals surface area (Å²) in [5.74, 6) is -0.148. The van der Waals surface area contributed by atoms with E-state index in [1.807, 2.05) is 39.0 Å². The summed E-state index contributed by atoms with van der Waals surface area (Å²) in [6, 6.07) is 13.9. The molecule has 0 spiro atoms. The van der Waals surface area contributed by atoms with E-state index in [4.69, 9.17) is 5.41 Å². The Bertz CT molecular complexity index is 1220. The van der Waals surface area contributed by atoms with Gasteiger partial charge in [0.05, 0.1) is 5.52 Å². The Morgan fingerprint density at radius 1 is 1.09 bits per heavy atom. The van der Waals surface area contributed by atoms with Gasteiger partial charge < -0.3 is 10.7 Å². The second-order valence-electron chi connectivity index (χ2n) is 8.37. The monoisotopic (exact) mass is 426 g/mol. The van der Waals surface area contributed by atoms with Gasteiger partial charge in [-0.25, -0.2) is 0 Å². The molecule has 2 N–H and O–H groups in total. The van der Waals surface area contributed by atoms with E-state index >= 15 is 0 Å². The number of nitrogens with one attached hydrogen (secondary N) is 2. The minimum absolute atomic E-state index is 0.148. The number of carbonyl (C=O) groups excluding carboxylic acids is 1. The smallest absolute Gasteiger partial charge is 0.251 e. The number of allylic oxidation sites excluding steroid dienone is 1. The van der Waals surface area contributed by atoms with Crippen LogP contribution in [0.2, 0.25) is 0 Å². The molecule has 0 unspecified atom stereocenters. The second-order valence-corrected chi connectivity index (χ2v) is 8.37. The average molecular weight is 427 g/mol. The van der Waals surface area contributed by atoms with Crippen LogP contribution < -0.4 is 5.32 Å². The van der Waals surface area contributed by atoms with Crippen molar-refractivity contribution in [2.75, 3.05) is 6.54 Å². The minimum Gasteiger partial charge on any atom is -0.348 e. The molecule has 32 heavy (non-hydrogen) atoms. The van der Waals surface area contributed by atoms with Crippen molar-refractivity contribution in [2.45, 2.75) is 40.5 Å². The van der Waals surface area contributed by atoms with E-state index in [0.29, 0.717) is 30.7 Å². The molecule has 1 amide bonds. The van der Waals surface area contributed by atoms with E-state index in [9.17, 15) is 4.79 Å². The molecule has 2 heterocycles. The van der Waals surface area contributed by atoms with Crippen LogP contribution in [0.15, 0.2) is 72.0 Å². The average Bonchev–Trinajstić information content (AvgIpc) is 2.73. The van der Waals surface area contributed by atoms with Crippen LogP contribution in [0.4, 0.5) is 0 Å². The van der Waals surface area contributed by atoms with Crippen LogP contribution in [0.3, 0.4) is 0 Å². The van der Waals surface area contributed by atoms with Crippen LogP contribution in [-0.2, 0) is 6.42 Å². The van der Waals surface area contributed by atoms with Crippen molar-refractivity contribution in [2.24, 2.45) is 0 Å². The first kappa shape index (κ1) is 23.1. The number of nitrogens with zero attached hydrogens (tertiary/aromatic N) is 2. The maximum Gasteiger partial charge on any atom is 0.251 e. The predicted octanol–water partition coefficient (Wildman–Crippen LogP) is 5.58. The van der Waals surface area contributed by atoms with Crippen LogP contribution in [0.25, 0.3) is 10.9 Å². The van der Waals surface area contributed by atoms with E-state index in [0.717, 1.165) is 44.6 Å². The first-order valence-corrected chi connectivity index (χ1v) is 10.7. The minimum atomic E-state index is -0.148. The van der Waals surface area contributed by atoms with Gasteiger partial charge in [0.25, 0.3) is 5.91 Å².